The van der Waals surface area contributed by atoms with Crippen molar-refractivity contribution in [3.8, 4) is 0 Å². The van der Waals surface area contributed by atoms with E-state index in [4.69, 9.17) is 0 Å². The van der Waals surface area contributed by atoms with E-state index in [9.17, 15) is 24.5 Å². The number of hydrogen-bond donors (Lipinski definition) is 2. The molecule has 0 fully saturated rings. The number of urea groups is 1. The highest BCUT2D eigenvalue weighted by Gasteiger charge is 2.37. The molecule has 2 N–H and O–H groups in total. The molecule has 0 saturated heterocycles. The molecule has 0 radical (unpaired) electrons. The Bertz CT molecular complexity index is 970. The van der Waals surface area contributed by atoms with Crippen LogP contribution in [0.3, 0.4) is 0 Å². The van der Waals surface area contributed by atoms with Gasteiger partial charge in [0.2, 0.25) is 0 Å². The number of carbonyl (C=O) groups is 3. The van der Waals surface area contributed by atoms with E-state index in [0.29, 0.717) is 0 Å². The lowest BCUT2D eigenvalue weighted by atomic mass is 10.1. The van der Waals surface area contributed by atoms with Crippen molar-refractivity contribution in [2.24, 2.45) is 0 Å². The lowest BCUT2D eigenvalue weighted by Gasteiger charge is -2.17. The Kier molecular flexibility index (Phi) is 4.59. The number of rotatable bonds is 4. The van der Waals surface area contributed by atoms with Gasteiger partial charge >= 0.3 is 6.03 Å². The molecule has 9 heteroatoms. The van der Waals surface area contributed by atoms with Gasteiger partial charge in [0, 0.05) is 17.8 Å². The molecule has 0 spiro atoms. The van der Waals surface area contributed by atoms with Crippen molar-refractivity contribution in [2.75, 3.05) is 10.6 Å². The molecule has 0 unspecified atom stereocenters. The highest BCUT2D eigenvalue weighted by atomic mass is 16.6. The van der Waals surface area contributed by atoms with Gasteiger partial charge in [0.25, 0.3) is 17.5 Å². The minimum Gasteiger partial charge on any atom is -0.308 e. The molecule has 0 atom stereocenters. The summed E-state index contributed by atoms with van der Waals surface area (Å²) in [6.07, 6.45) is 0. The summed E-state index contributed by atoms with van der Waals surface area (Å²) >= 11 is 0. The van der Waals surface area contributed by atoms with E-state index in [1.54, 1.807) is 19.9 Å². The largest absolute Gasteiger partial charge is 0.323 e. The first-order valence-corrected chi connectivity index (χ1v) is 8.13. The summed E-state index contributed by atoms with van der Waals surface area (Å²) < 4.78 is 0. The first-order valence-electron chi connectivity index (χ1n) is 8.13. The number of nitro benzene ring substituents is 1. The molecule has 0 aromatic heterocycles. The molecular weight excluding hydrogens is 352 g/mol. The smallest absolute Gasteiger partial charge is 0.308 e. The fourth-order valence-corrected chi connectivity index (χ4v) is 2.83. The van der Waals surface area contributed by atoms with Gasteiger partial charge in [-0.3, -0.25) is 24.6 Å². The zero-order valence-electron chi connectivity index (χ0n) is 14.6. The van der Waals surface area contributed by atoms with E-state index in [1.165, 1.54) is 36.4 Å². The Hall–Kier alpha value is -3.75. The first-order chi connectivity index (χ1) is 12.8. The van der Waals surface area contributed by atoms with Gasteiger partial charge in [0.1, 0.15) is 5.69 Å². The number of hydrogen-bond acceptors (Lipinski definition) is 5. The van der Waals surface area contributed by atoms with Crippen LogP contribution >= 0.6 is 0 Å². The first kappa shape index (κ1) is 18.1. The number of fused-ring (bicyclic) bond motifs is 1. The minimum atomic E-state index is -0.707. The highest BCUT2D eigenvalue weighted by Crippen LogP contribution is 2.28. The Morgan fingerprint density at radius 2 is 1.70 bits per heavy atom. The Morgan fingerprint density at radius 1 is 1.04 bits per heavy atom. The predicted molar refractivity (Wildman–Crippen MR) is 97.8 cm³/mol. The van der Waals surface area contributed by atoms with Crippen molar-refractivity contribution in [1.82, 2.24) is 4.90 Å². The minimum absolute atomic E-state index is 0.0402. The van der Waals surface area contributed by atoms with E-state index < -0.39 is 16.9 Å². The van der Waals surface area contributed by atoms with E-state index in [-0.39, 0.29) is 40.1 Å². The molecule has 2 aromatic carbocycles. The molecule has 3 rings (SSSR count). The van der Waals surface area contributed by atoms with Gasteiger partial charge < -0.3 is 10.6 Å². The van der Waals surface area contributed by atoms with Crippen LogP contribution in [0, 0.1) is 10.1 Å². The number of nitro groups is 1. The van der Waals surface area contributed by atoms with Gasteiger partial charge in [-0.05, 0) is 38.1 Å². The standard InChI is InChI=1S/C18H16N4O5/c1-10(2)21-16(23)12-8-7-11(9-13(12)17(21)24)19-18(25)20-14-5-3-4-6-15(14)22(26)27/h3-10H,1-2H3,(H2,19,20,25). The van der Waals surface area contributed by atoms with Crippen molar-refractivity contribution in [1.29, 1.82) is 0 Å². The van der Waals surface area contributed by atoms with Crippen molar-refractivity contribution in [2.45, 2.75) is 19.9 Å². The fourth-order valence-electron chi connectivity index (χ4n) is 2.83. The molecule has 1 heterocycles. The van der Waals surface area contributed by atoms with Crippen molar-refractivity contribution < 1.29 is 19.3 Å². The average molecular weight is 368 g/mol. The molecule has 1 aliphatic heterocycles. The van der Waals surface area contributed by atoms with Crippen LogP contribution in [-0.4, -0.2) is 33.7 Å². The number of anilines is 2. The molecule has 27 heavy (non-hydrogen) atoms. The molecule has 2 aromatic rings. The number of benzene rings is 2. The molecule has 1 aliphatic rings. The lowest BCUT2D eigenvalue weighted by molar-refractivity contribution is -0.383. The zero-order chi connectivity index (χ0) is 19.7. The third-order valence-corrected chi connectivity index (χ3v) is 4.04. The summed E-state index contributed by atoms with van der Waals surface area (Å²) in [6, 6.07) is 9.12. The predicted octanol–water partition coefficient (Wildman–Crippen LogP) is 3.24. The number of amides is 4. The number of nitrogens with one attached hydrogen (secondary N) is 2. The zero-order valence-corrected chi connectivity index (χ0v) is 14.6. The third kappa shape index (κ3) is 3.34. The maximum Gasteiger partial charge on any atom is 0.323 e. The highest BCUT2D eigenvalue weighted by molar-refractivity contribution is 6.22. The Morgan fingerprint density at radius 3 is 2.37 bits per heavy atom. The topological polar surface area (TPSA) is 122 Å². The van der Waals surface area contributed by atoms with Gasteiger partial charge in [0.05, 0.1) is 16.1 Å². The number of imide groups is 1. The molecule has 0 aliphatic carbocycles. The maximum atomic E-state index is 12.4. The summed E-state index contributed by atoms with van der Waals surface area (Å²) in [5.74, 6) is -0.798. The normalized spacial score (nSPS) is 12.9. The second-order valence-electron chi connectivity index (χ2n) is 6.19. The van der Waals surface area contributed by atoms with Gasteiger partial charge in [-0.25, -0.2) is 4.79 Å². The molecule has 138 valence electrons. The van der Waals surface area contributed by atoms with Crippen LogP contribution in [0.1, 0.15) is 34.6 Å². The number of carbonyl (C=O) groups excluding carboxylic acids is 3. The van der Waals surface area contributed by atoms with Gasteiger partial charge in [-0.15, -0.1) is 0 Å². The van der Waals surface area contributed by atoms with Crippen LogP contribution in [0.15, 0.2) is 42.5 Å². The van der Waals surface area contributed by atoms with Crippen molar-refractivity contribution in [3.63, 3.8) is 0 Å². The van der Waals surface area contributed by atoms with Crippen LogP contribution in [0.25, 0.3) is 0 Å². The SMILES string of the molecule is CC(C)N1C(=O)c2ccc(NC(=O)Nc3ccccc3[N+](=O)[O-])cc2C1=O. The summed E-state index contributed by atoms with van der Waals surface area (Å²) in [5.41, 5.74) is 0.570. The van der Waals surface area contributed by atoms with Gasteiger partial charge in [-0.2, -0.15) is 0 Å². The number of nitrogens with zero attached hydrogens (tertiary/aromatic N) is 2. The van der Waals surface area contributed by atoms with E-state index in [1.807, 2.05) is 0 Å². The van der Waals surface area contributed by atoms with Crippen LogP contribution in [-0.2, 0) is 0 Å². The van der Waals surface area contributed by atoms with Gasteiger partial charge in [0.15, 0.2) is 0 Å². The Balaban J connectivity index is 1.79. The quantitative estimate of drug-likeness (QED) is 0.487. The summed E-state index contributed by atoms with van der Waals surface area (Å²) in [4.78, 5) is 48.4. The van der Waals surface area contributed by atoms with Crippen molar-refractivity contribution in [3.05, 3.63) is 63.7 Å². The maximum absolute atomic E-state index is 12.4. The van der Waals surface area contributed by atoms with E-state index in [2.05, 4.69) is 10.6 Å². The van der Waals surface area contributed by atoms with E-state index in [0.717, 1.165) is 4.90 Å². The van der Waals surface area contributed by atoms with Crippen LogP contribution in [0.2, 0.25) is 0 Å². The second-order valence-corrected chi connectivity index (χ2v) is 6.19. The molecule has 0 bridgehead atoms. The lowest BCUT2D eigenvalue weighted by Crippen LogP contribution is -2.35. The summed E-state index contributed by atoms with van der Waals surface area (Å²) in [7, 11) is 0. The monoisotopic (exact) mass is 368 g/mol. The third-order valence-electron chi connectivity index (χ3n) is 4.04. The second kappa shape index (κ2) is 6.87. The average Bonchev–Trinajstić information content (AvgIpc) is 2.85. The van der Waals surface area contributed by atoms with E-state index >= 15 is 0 Å². The molecule has 0 saturated carbocycles. The number of para-hydroxylation sites is 2. The Labute approximate surface area is 154 Å². The summed E-state index contributed by atoms with van der Waals surface area (Å²) in [6.45, 7) is 3.47. The van der Waals surface area contributed by atoms with Crippen LogP contribution in [0.5, 0.6) is 0 Å². The van der Waals surface area contributed by atoms with Gasteiger partial charge in [-0.1, -0.05) is 12.1 Å². The molecule has 4 amide bonds. The molecule has 9 nitrogen and oxygen atoms in total. The molecular formula is C18H16N4O5. The van der Waals surface area contributed by atoms with Crippen LogP contribution < -0.4 is 10.6 Å². The van der Waals surface area contributed by atoms with Crippen LogP contribution in [0.4, 0.5) is 21.9 Å². The van der Waals surface area contributed by atoms with Crippen molar-refractivity contribution >= 4 is 34.9 Å². The fraction of sp³-hybridized carbons (Fsp3) is 0.167. The summed E-state index contributed by atoms with van der Waals surface area (Å²) in [5, 5.41) is 15.9.